The standard InChI is InChI=1S/C18H26N4O4/c1-13-15(20-26-19-13)11-16(23)21-8-6-18(12-21)5-2-7-22(17(18)24)14-3-9-25-10-4-14/h14H,2-12H2,1H3/t18-/m0/s1. The van der Waals surface area contributed by atoms with Crippen LogP contribution in [-0.2, 0) is 20.7 Å². The molecule has 0 aromatic carbocycles. The van der Waals surface area contributed by atoms with Gasteiger partial charge in [0.25, 0.3) is 0 Å². The fourth-order valence-corrected chi connectivity index (χ4v) is 4.57. The molecule has 0 unspecified atom stereocenters. The molecular weight excluding hydrogens is 336 g/mol. The molecule has 0 bridgehead atoms. The fourth-order valence-electron chi connectivity index (χ4n) is 4.57. The van der Waals surface area contributed by atoms with E-state index in [0.29, 0.717) is 30.5 Å². The normalized spacial score (nSPS) is 27.5. The molecule has 8 nitrogen and oxygen atoms in total. The summed E-state index contributed by atoms with van der Waals surface area (Å²) in [6.45, 7) is 5.24. The van der Waals surface area contributed by atoms with Gasteiger partial charge in [0.1, 0.15) is 11.4 Å². The molecular formula is C18H26N4O4. The first kappa shape index (κ1) is 17.5. The van der Waals surface area contributed by atoms with Crippen molar-refractivity contribution in [1.82, 2.24) is 20.1 Å². The van der Waals surface area contributed by atoms with Gasteiger partial charge in [-0.15, -0.1) is 0 Å². The van der Waals surface area contributed by atoms with Gasteiger partial charge in [0, 0.05) is 38.9 Å². The van der Waals surface area contributed by atoms with Crippen LogP contribution < -0.4 is 0 Å². The van der Waals surface area contributed by atoms with Gasteiger partial charge in [0.2, 0.25) is 11.8 Å². The Morgan fingerprint density at radius 1 is 1.23 bits per heavy atom. The Balaban J connectivity index is 1.43. The highest BCUT2D eigenvalue weighted by Gasteiger charge is 2.50. The zero-order chi connectivity index (χ0) is 18.1. The van der Waals surface area contributed by atoms with Gasteiger partial charge in [-0.1, -0.05) is 10.3 Å². The largest absolute Gasteiger partial charge is 0.381 e. The first-order chi connectivity index (χ1) is 12.6. The third-order valence-corrected chi connectivity index (χ3v) is 6.17. The van der Waals surface area contributed by atoms with E-state index in [9.17, 15) is 9.59 Å². The molecule has 142 valence electrons. The number of carbonyl (C=O) groups excluding carboxylic acids is 2. The fraction of sp³-hybridized carbons (Fsp3) is 0.778. The van der Waals surface area contributed by atoms with E-state index >= 15 is 0 Å². The van der Waals surface area contributed by atoms with Crippen LogP contribution in [0.25, 0.3) is 0 Å². The van der Waals surface area contributed by atoms with Gasteiger partial charge in [-0.25, -0.2) is 4.63 Å². The van der Waals surface area contributed by atoms with Crippen LogP contribution in [-0.4, -0.2) is 70.8 Å². The molecule has 0 N–H and O–H groups in total. The first-order valence-corrected chi connectivity index (χ1v) is 9.54. The highest BCUT2D eigenvalue weighted by Crippen LogP contribution is 2.41. The molecule has 4 heterocycles. The zero-order valence-corrected chi connectivity index (χ0v) is 15.3. The number of aromatic nitrogens is 2. The first-order valence-electron chi connectivity index (χ1n) is 9.54. The maximum absolute atomic E-state index is 13.3. The van der Waals surface area contributed by atoms with Crippen molar-refractivity contribution in [1.29, 1.82) is 0 Å². The van der Waals surface area contributed by atoms with E-state index in [1.165, 1.54) is 0 Å². The van der Waals surface area contributed by atoms with Crippen molar-refractivity contribution in [2.24, 2.45) is 5.41 Å². The molecule has 1 aromatic heterocycles. The number of nitrogens with zero attached hydrogens (tertiary/aromatic N) is 4. The topological polar surface area (TPSA) is 88.8 Å². The van der Waals surface area contributed by atoms with Crippen LogP contribution in [0, 0.1) is 12.3 Å². The van der Waals surface area contributed by atoms with E-state index in [1.54, 1.807) is 6.92 Å². The molecule has 3 fully saturated rings. The Labute approximate surface area is 152 Å². The molecule has 0 aliphatic carbocycles. The second kappa shape index (κ2) is 6.98. The molecule has 0 saturated carbocycles. The number of rotatable bonds is 3. The second-order valence-electron chi connectivity index (χ2n) is 7.76. The van der Waals surface area contributed by atoms with E-state index < -0.39 is 5.41 Å². The Morgan fingerprint density at radius 2 is 2.04 bits per heavy atom. The highest BCUT2D eigenvalue weighted by atomic mass is 16.6. The van der Waals surface area contributed by atoms with Crippen LogP contribution in [0.4, 0.5) is 0 Å². The number of aryl methyl sites for hydroxylation is 1. The van der Waals surface area contributed by atoms with Crippen molar-refractivity contribution >= 4 is 11.8 Å². The number of piperidine rings is 1. The molecule has 3 saturated heterocycles. The van der Waals surface area contributed by atoms with E-state index in [1.807, 2.05) is 4.90 Å². The van der Waals surface area contributed by atoms with E-state index in [0.717, 1.165) is 51.9 Å². The second-order valence-corrected chi connectivity index (χ2v) is 7.76. The molecule has 1 aromatic rings. The van der Waals surface area contributed by atoms with Crippen LogP contribution in [0.3, 0.4) is 0 Å². The van der Waals surface area contributed by atoms with Crippen molar-refractivity contribution in [2.75, 3.05) is 32.8 Å². The zero-order valence-electron chi connectivity index (χ0n) is 15.3. The predicted molar refractivity (Wildman–Crippen MR) is 91.2 cm³/mol. The summed E-state index contributed by atoms with van der Waals surface area (Å²) >= 11 is 0. The SMILES string of the molecule is Cc1nonc1CC(=O)N1CC[C@@]2(CCCN(C3CCOCC3)C2=O)C1. The molecule has 3 aliphatic rings. The summed E-state index contributed by atoms with van der Waals surface area (Å²) in [7, 11) is 0. The molecule has 8 heteroatoms. The summed E-state index contributed by atoms with van der Waals surface area (Å²) < 4.78 is 10.1. The number of carbonyl (C=O) groups is 2. The minimum absolute atomic E-state index is 0.00309. The summed E-state index contributed by atoms with van der Waals surface area (Å²) in [5, 5.41) is 7.52. The number of ether oxygens (including phenoxy) is 1. The lowest BCUT2D eigenvalue weighted by Crippen LogP contribution is -2.55. The van der Waals surface area contributed by atoms with Crippen molar-refractivity contribution in [3.05, 3.63) is 11.4 Å². The average molecular weight is 362 g/mol. The lowest BCUT2D eigenvalue weighted by atomic mass is 9.77. The minimum atomic E-state index is -0.399. The molecule has 26 heavy (non-hydrogen) atoms. The Bertz CT molecular complexity index is 684. The lowest BCUT2D eigenvalue weighted by molar-refractivity contribution is -0.150. The van der Waals surface area contributed by atoms with E-state index in [2.05, 4.69) is 19.8 Å². The Kier molecular flexibility index (Phi) is 4.69. The van der Waals surface area contributed by atoms with Crippen molar-refractivity contribution in [2.45, 2.75) is 51.5 Å². The third-order valence-electron chi connectivity index (χ3n) is 6.17. The maximum atomic E-state index is 13.3. The minimum Gasteiger partial charge on any atom is -0.381 e. The van der Waals surface area contributed by atoms with Gasteiger partial charge in [-0.3, -0.25) is 9.59 Å². The smallest absolute Gasteiger partial charge is 0.230 e. The van der Waals surface area contributed by atoms with Crippen molar-refractivity contribution < 1.29 is 19.0 Å². The summed E-state index contributed by atoms with van der Waals surface area (Å²) in [5.41, 5.74) is 0.824. The Morgan fingerprint density at radius 3 is 2.77 bits per heavy atom. The molecule has 4 rings (SSSR count). The summed E-state index contributed by atoms with van der Waals surface area (Å²) in [5.74, 6) is 0.238. The highest BCUT2D eigenvalue weighted by molar-refractivity contribution is 5.86. The number of hydrogen-bond donors (Lipinski definition) is 0. The molecule has 1 spiro atoms. The van der Waals surface area contributed by atoms with Gasteiger partial charge >= 0.3 is 0 Å². The predicted octanol–water partition coefficient (Wildman–Crippen LogP) is 0.941. The van der Waals surface area contributed by atoms with Gasteiger partial charge in [-0.2, -0.15) is 0 Å². The van der Waals surface area contributed by atoms with Crippen LogP contribution in [0.5, 0.6) is 0 Å². The van der Waals surface area contributed by atoms with Gasteiger partial charge < -0.3 is 14.5 Å². The van der Waals surface area contributed by atoms with Crippen molar-refractivity contribution in [3.8, 4) is 0 Å². The summed E-state index contributed by atoms with van der Waals surface area (Å²) in [6.07, 6.45) is 4.67. The maximum Gasteiger partial charge on any atom is 0.230 e. The third kappa shape index (κ3) is 3.11. The van der Waals surface area contributed by atoms with Crippen LogP contribution in [0.2, 0.25) is 0 Å². The average Bonchev–Trinajstić information content (AvgIpc) is 3.26. The molecule has 3 aliphatic heterocycles. The molecule has 0 radical (unpaired) electrons. The van der Waals surface area contributed by atoms with Gasteiger partial charge in [-0.05, 0) is 39.0 Å². The number of hydrogen-bond acceptors (Lipinski definition) is 6. The van der Waals surface area contributed by atoms with Gasteiger partial charge in [0.05, 0.1) is 11.8 Å². The molecule has 1 atom stereocenters. The van der Waals surface area contributed by atoms with Crippen LogP contribution in [0.1, 0.15) is 43.5 Å². The van der Waals surface area contributed by atoms with Crippen molar-refractivity contribution in [3.63, 3.8) is 0 Å². The van der Waals surface area contributed by atoms with Gasteiger partial charge in [0.15, 0.2) is 0 Å². The summed E-state index contributed by atoms with van der Waals surface area (Å²) in [6, 6.07) is 0.294. The van der Waals surface area contributed by atoms with Crippen LogP contribution in [0.15, 0.2) is 4.63 Å². The lowest BCUT2D eigenvalue weighted by Gasteiger charge is -2.44. The Hall–Kier alpha value is -1.96. The van der Waals surface area contributed by atoms with Crippen LogP contribution >= 0.6 is 0 Å². The number of amides is 2. The van der Waals surface area contributed by atoms with E-state index in [-0.39, 0.29) is 18.2 Å². The quantitative estimate of drug-likeness (QED) is 0.795. The molecule has 2 amide bonds. The monoisotopic (exact) mass is 362 g/mol. The summed E-state index contributed by atoms with van der Waals surface area (Å²) in [4.78, 5) is 29.8. The van der Waals surface area contributed by atoms with E-state index in [4.69, 9.17) is 4.74 Å². The number of likely N-dealkylation sites (tertiary alicyclic amines) is 2.